The Bertz CT molecular complexity index is 310. The first-order valence-electron chi connectivity index (χ1n) is 12.2. The van der Waals surface area contributed by atoms with Gasteiger partial charge in [0.15, 0.2) is 0 Å². The molecule has 0 amide bonds. The molecular formula is C26H54. The molecule has 0 N–H and O–H groups in total. The van der Waals surface area contributed by atoms with Gasteiger partial charge in [-0.2, -0.15) is 0 Å². The maximum absolute atomic E-state index is 2.61. The fraction of sp³-hybridized carbons (Fsp3) is 1.00. The summed E-state index contributed by atoms with van der Waals surface area (Å²) in [7, 11) is 0. The molecule has 0 fully saturated rings. The predicted octanol–water partition coefficient (Wildman–Crippen LogP) is 9.24. The topological polar surface area (TPSA) is 0 Å². The van der Waals surface area contributed by atoms with E-state index >= 15 is 0 Å². The fourth-order valence-corrected chi connectivity index (χ4v) is 6.04. The molecule has 0 spiro atoms. The average molecular weight is 367 g/mol. The van der Waals surface area contributed by atoms with Gasteiger partial charge in [0, 0.05) is 0 Å². The Morgan fingerprint density at radius 1 is 0.500 bits per heavy atom. The van der Waals surface area contributed by atoms with Crippen molar-refractivity contribution in [2.75, 3.05) is 0 Å². The maximum Gasteiger partial charge on any atom is -0.0360 e. The lowest BCUT2D eigenvalue weighted by Gasteiger charge is -2.42. The first kappa shape index (κ1) is 26.0. The molecule has 0 heterocycles. The lowest BCUT2D eigenvalue weighted by molar-refractivity contribution is 0.0742. The van der Waals surface area contributed by atoms with Crippen LogP contribution < -0.4 is 0 Å². The zero-order valence-corrected chi connectivity index (χ0v) is 20.3. The molecule has 0 aromatic carbocycles. The van der Waals surface area contributed by atoms with Crippen molar-refractivity contribution in [1.82, 2.24) is 0 Å². The molecule has 0 radical (unpaired) electrons. The summed E-state index contributed by atoms with van der Waals surface area (Å²) in [6, 6.07) is 0. The third kappa shape index (κ3) is 8.35. The standard InChI is InChI=1S/C26H54/c1-11-15-23(16-12-2)25(14-4)21(9)24(13-3)22(10)26(20(7)8)18-17-19(5)6/h19-26H,11-18H2,1-10H3. The summed E-state index contributed by atoms with van der Waals surface area (Å²) in [4.78, 5) is 0. The lowest BCUT2D eigenvalue weighted by Crippen LogP contribution is -2.34. The number of hydrogen-bond donors (Lipinski definition) is 0. The summed E-state index contributed by atoms with van der Waals surface area (Å²) >= 11 is 0. The van der Waals surface area contributed by atoms with Crippen molar-refractivity contribution >= 4 is 0 Å². The van der Waals surface area contributed by atoms with Gasteiger partial charge in [-0.25, -0.2) is 0 Å². The fourth-order valence-electron chi connectivity index (χ4n) is 6.04. The minimum atomic E-state index is 0.812. The predicted molar refractivity (Wildman–Crippen MR) is 122 cm³/mol. The molecule has 26 heavy (non-hydrogen) atoms. The summed E-state index contributed by atoms with van der Waals surface area (Å²) < 4.78 is 0. The van der Waals surface area contributed by atoms with Gasteiger partial charge < -0.3 is 0 Å². The quantitative estimate of drug-likeness (QED) is 0.271. The smallest absolute Gasteiger partial charge is 0.0360 e. The maximum atomic E-state index is 2.61. The highest BCUT2D eigenvalue weighted by Gasteiger charge is 2.35. The third-order valence-electron chi connectivity index (χ3n) is 7.50. The second-order valence-corrected chi connectivity index (χ2v) is 10.1. The van der Waals surface area contributed by atoms with E-state index in [0.717, 1.165) is 47.3 Å². The third-order valence-corrected chi connectivity index (χ3v) is 7.50. The van der Waals surface area contributed by atoms with E-state index in [9.17, 15) is 0 Å². The molecule has 5 atom stereocenters. The molecule has 0 aliphatic heterocycles. The van der Waals surface area contributed by atoms with Gasteiger partial charge >= 0.3 is 0 Å². The Morgan fingerprint density at radius 3 is 1.31 bits per heavy atom. The first-order valence-corrected chi connectivity index (χ1v) is 12.2. The van der Waals surface area contributed by atoms with Crippen LogP contribution in [0.5, 0.6) is 0 Å². The van der Waals surface area contributed by atoms with Crippen molar-refractivity contribution < 1.29 is 0 Å². The van der Waals surface area contributed by atoms with E-state index in [2.05, 4.69) is 69.2 Å². The van der Waals surface area contributed by atoms with Gasteiger partial charge in [0.05, 0.1) is 0 Å². The second kappa shape index (κ2) is 14.1. The van der Waals surface area contributed by atoms with E-state index in [0.29, 0.717) is 0 Å². The normalized spacial score (nSPS) is 18.3. The van der Waals surface area contributed by atoms with Crippen LogP contribution in [0, 0.1) is 47.3 Å². The van der Waals surface area contributed by atoms with E-state index in [1.165, 1.54) is 51.4 Å². The monoisotopic (exact) mass is 366 g/mol. The molecule has 0 saturated heterocycles. The molecule has 5 unspecified atom stereocenters. The van der Waals surface area contributed by atoms with Gasteiger partial charge in [0.25, 0.3) is 0 Å². The van der Waals surface area contributed by atoms with E-state index in [1.54, 1.807) is 0 Å². The highest BCUT2D eigenvalue weighted by Crippen LogP contribution is 2.43. The number of rotatable bonds is 15. The van der Waals surface area contributed by atoms with Crippen LogP contribution in [0.1, 0.15) is 121 Å². The summed E-state index contributed by atoms with van der Waals surface area (Å²) in [5, 5.41) is 0. The minimum Gasteiger partial charge on any atom is -0.0654 e. The Hall–Kier alpha value is 0. The Labute approximate surface area is 168 Å². The van der Waals surface area contributed by atoms with Gasteiger partial charge in [-0.15, -0.1) is 0 Å². The molecule has 0 aromatic heterocycles. The van der Waals surface area contributed by atoms with Crippen LogP contribution >= 0.6 is 0 Å². The van der Waals surface area contributed by atoms with Crippen LogP contribution in [0.2, 0.25) is 0 Å². The van der Waals surface area contributed by atoms with Gasteiger partial charge in [0.1, 0.15) is 0 Å². The summed E-state index contributed by atoms with van der Waals surface area (Å²) in [6.07, 6.45) is 11.1. The van der Waals surface area contributed by atoms with Crippen molar-refractivity contribution in [1.29, 1.82) is 0 Å². The molecule has 158 valence electrons. The van der Waals surface area contributed by atoms with E-state index < -0.39 is 0 Å². The van der Waals surface area contributed by atoms with Crippen LogP contribution in [0.4, 0.5) is 0 Å². The highest BCUT2D eigenvalue weighted by atomic mass is 14.4. The second-order valence-electron chi connectivity index (χ2n) is 10.1. The van der Waals surface area contributed by atoms with Gasteiger partial charge in [-0.05, 0) is 53.8 Å². The average Bonchev–Trinajstić information content (AvgIpc) is 2.56. The van der Waals surface area contributed by atoms with Gasteiger partial charge in [-0.3, -0.25) is 0 Å². The molecule has 0 saturated carbocycles. The molecule has 0 nitrogen and oxygen atoms in total. The minimum absolute atomic E-state index is 0.812. The van der Waals surface area contributed by atoms with Crippen molar-refractivity contribution in [2.45, 2.75) is 121 Å². The van der Waals surface area contributed by atoms with Crippen LogP contribution in [-0.2, 0) is 0 Å². The van der Waals surface area contributed by atoms with Crippen molar-refractivity contribution in [3.05, 3.63) is 0 Å². The SMILES string of the molecule is CCCC(CCC)C(CC)C(C)C(CC)C(C)C(CCC(C)C)C(C)C. The highest BCUT2D eigenvalue weighted by molar-refractivity contribution is 4.84. The van der Waals surface area contributed by atoms with Gasteiger partial charge in [-0.1, -0.05) is 114 Å². The van der Waals surface area contributed by atoms with E-state index in [-0.39, 0.29) is 0 Å². The summed E-state index contributed by atoms with van der Waals surface area (Å²) in [5.41, 5.74) is 0. The summed E-state index contributed by atoms with van der Waals surface area (Å²) in [5.74, 6) is 7.00. The van der Waals surface area contributed by atoms with Crippen LogP contribution in [-0.4, -0.2) is 0 Å². The largest absolute Gasteiger partial charge is 0.0654 e. The van der Waals surface area contributed by atoms with Crippen LogP contribution in [0.25, 0.3) is 0 Å². The zero-order valence-electron chi connectivity index (χ0n) is 20.3. The zero-order chi connectivity index (χ0) is 20.3. The molecule has 0 rings (SSSR count). The molecule has 0 aliphatic rings. The van der Waals surface area contributed by atoms with Gasteiger partial charge in [0.2, 0.25) is 0 Å². The lowest BCUT2D eigenvalue weighted by atomic mass is 9.64. The van der Waals surface area contributed by atoms with Crippen molar-refractivity contribution in [3.8, 4) is 0 Å². The Balaban J connectivity index is 5.32. The van der Waals surface area contributed by atoms with Crippen LogP contribution in [0.3, 0.4) is 0 Å². The van der Waals surface area contributed by atoms with Crippen molar-refractivity contribution in [2.24, 2.45) is 47.3 Å². The van der Waals surface area contributed by atoms with Crippen LogP contribution in [0.15, 0.2) is 0 Å². The van der Waals surface area contributed by atoms with E-state index in [4.69, 9.17) is 0 Å². The Morgan fingerprint density at radius 2 is 0.962 bits per heavy atom. The van der Waals surface area contributed by atoms with Crippen molar-refractivity contribution in [3.63, 3.8) is 0 Å². The first-order chi connectivity index (χ1) is 12.2. The van der Waals surface area contributed by atoms with E-state index in [1.807, 2.05) is 0 Å². The number of hydrogen-bond acceptors (Lipinski definition) is 0. The summed E-state index contributed by atoms with van der Waals surface area (Å²) in [6.45, 7) is 24.6. The molecule has 0 aliphatic carbocycles. The molecule has 0 aromatic rings. The Kier molecular flexibility index (Phi) is 14.1. The molecular weight excluding hydrogens is 312 g/mol. The molecule has 0 heteroatoms. The molecule has 0 bridgehead atoms.